The van der Waals surface area contributed by atoms with E-state index in [1.807, 2.05) is 37.4 Å². The molecule has 1 saturated heterocycles. The minimum Gasteiger partial charge on any atom is -0.507 e. The van der Waals surface area contributed by atoms with Gasteiger partial charge in [-0.2, -0.15) is 0 Å². The van der Waals surface area contributed by atoms with E-state index in [0.29, 0.717) is 36.8 Å². The Morgan fingerprint density at radius 2 is 1.84 bits per heavy atom. The lowest BCUT2D eigenvalue weighted by Gasteiger charge is -2.24. The Kier molecular flexibility index (Phi) is 6.04. The van der Waals surface area contributed by atoms with Crippen LogP contribution in [0.2, 0.25) is 0 Å². The van der Waals surface area contributed by atoms with Crippen LogP contribution in [0.3, 0.4) is 0 Å². The second-order valence-electron chi connectivity index (χ2n) is 8.51. The van der Waals surface area contributed by atoms with Crippen LogP contribution in [0.5, 0.6) is 5.75 Å². The number of aromatic nitrogens is 1. The highest BCUT2D eigenvalue weighted by atomic mass is 16.5. The Morgan fingerprint density at radius 1 is 1.12 bits per heavy atom. The number of nitrogens with one attached hydrogen (secondary N) is 1. The molecule has 2 heterocycles. The number of nitrogens with zero attached hydrogens (tertiary/aromatic N) is 1. The van der Waals surface area contributed by atoms with Crippen molar-refractivity contribution in [2.45, 2.75) is 33.2 Å². The highest BCUT2D eigenvalue weighted by molar-refractivity contribution is 6.46. The zero-order chi connectivity index (χ0) is 22.8. The van der Waals surface area contributed by atoms with Crippen LogP contribution < -0.4 is 4.74 Å². The summed E-state index contributed by atoms with van der Waals surface area (Å²) in [5.41, 5.74) is 2.30. The molecule has 6 heteroatoms. The van der Waals surface area contributed by atoms with Gasteiger partial charge in [0, 0.05) is 34.8 Å². The van der Waals surface area contributed by atoms with Crippen molar-refractivity contribution in [1.82, 2.24) is 9.88 Å². The second kappa shape index (κ2) is 8.91. The Balaban J connectivity index is 1.79. The number of ketones is 1. The molecular formula is C26H28N2O4. The highest BCUT2D eigenvalue weighted by Crippen LogP contribution is 2.42. The first-order valence-corrected chi connectivity index (χ1v) is 11.0. The predicted molar refractivity (Wildman–Crippen MR) is 124 cm³/mol. The van der Waals surface area contributed by atoms with Gasteiger partial charge in [-0.25, -0.2) is 0 Å². The number of hydrogen-bond acceptors (Lipinski definition) is 4. The highest BCUT2D eigenvalue weighted by Gasteiger charge is 2.46. The first-order valence-electron chi connectivity index (χ1n) is 11.0. The molecule has 1 aromatic heterocycles. The summed E-state index contributed by atoms with van der Waals surface area (Å²) >= 11 is 0. The molecule has 2 N–H and O–H groups in total. The maximum Gasteiger partial charge on any atom is 0.295 e. The number of benzene rings is 2. The van der Waals surface area contributed by atoms with Crippen LogP contribution in [0.15, 0.2) is 60.3 Å². The summed E-state index contributed by atoms with van der Waals surface area (Å²) in [5.74, 6) is -0.330. The van der Waals surface area contributed by atoms with E-state index in [9.17, 15) is 14.7 Å². The third-order valence-corrected chi connectivity index (χ3v) is 5.63. The van der Waals surface area contributed by atoms with E-state index < -0.39 is 17.7 Å². The van der Waals surface area contributed by atoms with Crippen molar-refractivity contribution in [2.75, 3.05) is 13.2 Å². The van der Waals surface area contributed by atoms with Crippen LogP contribution in [-0.4, -0.2) is 39.8 Å². The summed E-state index contributed by atoms with van der Waals surface area (Å²) in [7, 11) is 0. The van der Waals surface area contributed by atoms with E-state index in [-0.39, 0.29) is 11.3 Å². The molecule has 166 valence electrons. The minimum atomic E-state index is -0.661. The molecule has 1 aliphatic heterocycles. The number of aliphatic hydroxyl groups excluding tert-OH is 1. The van der Waals surface area contributed by atoms with Crippen LogP contribution in [0.25, 0.3) is 16.7 Å². The van der Waals surface area contributed by atoms with Crippen LogP contribution in [0.4, 0.5) is 0 Å². The molecular weight excluding hydrogens is 404 g/mol. The van der Waals surface area contributed by atoms with Gasteiger partial charge in [-0.3, -0.25) is 9.59 Å². The second-order valence-corrected chi connectivity index (χ2v) is 8.51. The van der Waals surface area contributed by atoms with Crippen LogP contribution in [0.1, 0.15) is 44.4 Å². The average Bonchev–Trinajstić information content (AvgIpc) is 3.32. The number of likely N-dealkylation sites (tertiary alicyclic amines) is 1. The summed E-state index contributed by atoms with van der Waals surface area (Å²) < 4.78 is 5.71. The smallest absolute Gasteiger partial charge is 0.295 e. The van der Waals surface area contributed by atoms with E-state index in [1.165, 1.54) is 0 Å². The van der Waals surface area contributed by atoms with Crippen molar-refractivity contribution in [3.63, 3.8) is 0 Å². The van der Waals surface area contributed by atoms with Gasteiger partial charge in [0.25, 0.3) is 11.7 Å². The van der Waals surface area contributed by atoms with Gasteiger partial charge in [-0.1, -0.05) is 39.0 Å². The van der Waals surface area contributed by atoms with Gasteiger partial charge in [0.15, 0.2) is 0 Å². The first kappa shape index (κ1) is 21.7. The standard InChI is InChI=1S/C26H28N2O4/c1-4-13-28-23(20-14-27-21-8-6-5-7-19(20)21)22(25(30)26(28)31)24(29)17-9-11-18(12-10-17)32-15-16(2)3/h5-12,14,16,23,27,29H,4,13,15H2,1-3H3/b24-22+. The number of aromatic amines is 1. The van der Waals surface area contributed by atoms with E-state index in [1.54, 1.807) is 29.2 Å². The van der Waals surface area contributed by atoms with Crippen LogP contribution in [0, 0.1) is 5.92 Å². The average molecular weight is 433 g/mol. The number of ether oxygens (including phenoxy) is 1. The van der Waals surface area contributed by atoms with E-state index in [2.05, 4.69) is 18.8 Å². The third-order valence-electron chi connectivity index (χ3n) is 5.63. The SMILES string of the molecule is CCCN1C(=O)C(=O)/C(=C(/O)c2ccc(OCC(C)C)cc2)C1c1c[nH]c2ccccc12. The molecule has 32 heavy (non-hydrogen) atoms. The van der Waals surface area contributed by atoms with E-state index in [0.717, 1.165) is 16.5 Å². The number of para-hydroxylation sites is 1. The van der Waals surface area contributed by atoms with Crippen molar-refractivity contribution in [3.8, 4) is 5.75 Å². The Morgan fingerprint density at radius 3 is 2.53 bits per heavy atom. The fourth-order valence-electron chi connectivity index (χ4n) is 4.12. The largest absolute Gasteiger partial charge is 0.507 e. The van der Waals surface area contributed by atoms with Crippen molar-refractivity contribution in [2.24, 2.45) is 5.92 Å². The molecule has 0 bridgehead atoms. The van der Waals surface area contributed by atoms with Gasteiger partial charge in [-0.15, -0.1) is 0 Å². The summed E-state index contributed by atoms with van der Waals surface area (Å²) in [6, 6.07) is 14.0. The van der Waals surface area contributed by atoms with Gasteiger partial charge < -0.3 is 19.7 Å². The normalized spacial score (nSPS) is 18.1. The monoisotopic (exact) mass is 432 g/mol. The number of rotatable bonds is 7. The van der Waals surface area contributed by atoms with Crippen molar-refractivity contribution >= 4 is 28.4 Å². The fraction of sp³-hybridized carbons (Fsp3) is 0.308. The number of hydrogen-bond donors (Lipinski definition) is 2. The molecule has 1 fully saturated rings. The number of amides is 1. The lowest BCUT2D eigenvalue weighted by atomic mass is 9.95. The van der Waals surface area contributed by atoms with Gasteiger partial charge in [0.2, 0.25) is 0 Å². The predicted octanol–water partition coefficient (Wildman–Crippen LogP) is 5.03. The lowest BCUT2D eigenvalue weighted by Crippen LogP contribution is -2.30. The molecule has 1 atom stereocenters. The van der Waals surface area contributed by atoms with Crippen LogP contribution in [-0.2, 0) is 9.59 Å². The summed E-state index contributed by atoms with van der Waals surface area (Å²) in [5, 5.41) is 12.1. The zero-order valence-electron chi connectivity index (χ0n) is 18.6. The molecule has 1 aliphatic rings. The molecule has 0 radical (unpaired) electrons. The zero-order valence-corrected chi connectivity index (χ0v) is 18.6. The van der Waals surface area contributed by atoms with Crippen LogP contribution >= 0.6 is 0 Å². The fourth-order valence-corrected chi connectivity index (χ4v) is 4.12. The number of Topliss-reactive ketones (excluding diaryl/α,β-unsaturated/α-hetero) is 1. The number of fused-ring (bicyclic) bond motifs is 1. The summed E-state index contributed by atoms with van der Waals surface area (Å²) in [6.45, 7) is 7.11. The molecule has 0 saturated carbocycles. The van der Waals surface area contributed by atoms with Crippen molar-refractivity contribution in [3.05, 3.63) is 71.4 Å². The topological polar surface area (TPSA) is 82.6 Å². The number of H-pyrrole nitrogens is 1. The summed E-state index contributed by atoms with van der Waals surface area (Å²) in [6.07, 6.45) is 2.52. The van der Waals surface area contributed by atoms with E-state index in [4.69, 9.17) is 4.74 Å². The number of aliphatic hydroxyl groups is 1. The maximum absolute atomic E-state index is 13.0. The number of carbonyl (C=O) groups is 2. The molecule has 4 rings (SSSR count). The molecule has 0 aliphatic carbocycles. The number of carbonyl (C=O) groups excluding carboxylic acids is 2. The first-order chi connectivity index (χ1) is 15.4. The molecule has 1 amide bonds. The molecule has 6 nitrogen and oxygen atoms in total. The quantitative estimate of drug-likeness (QED) is 0.311. The molecule has 2 aromatic carbocycles. The Labute approximate surface area is 187 Å². The van der Waals surface area contributed by atoms with Gasteiger partial charge in [0.05, 0.1) is 18.2 Å². The van der Waals surface area contributed by atoms with Gasteiger partial charge in [-0.05, 0) is 42.7 Å². The van der Waals surface area contributed by atoms with E-state index >= 15 is 0 Å². The molecule has 3 aromatic rings. The molecule has 1 unspecified atom stereocenters. The van der Waals surface area contributed by atoms with Crippen molar-refractivity contribution in [1.29, 1.82) is 0 Å². The lowest BCUT2D eigenvalue weighted by molar-refractivity contribution is -0.139. The van der Waals surface area contributed by atoms with Crippen molar-refractivity contribution < 1.29 is 19.4 Å². The Hall–Kier alpha value is -3.54. The third kappa shape index (κ3) is 3.88. The Bertz CT molecular complexity index is 1170. The summed E-state index contributed by atoms with van der Waals surface area (Å²) in [4.78, 5) is 30.7. The molecule has 0 spiro atoms. The maximum atomic E-state index is 13.0. The van der Waals surface area contributed by atoms with Gasteiger partial charge in [0.1, 0.15) is 11.5 Å². The minimum absolute atomic E-state index is 0.115. The van der Waals surface area contributed by atoms with Gasteiger partial charge >= 0.3 is 0 Å².